The van der Waals surface area contributed by atoms with Crippen LogP contribution in [0.15, 0.2) is 63.9 Å². The summed E-state index contributed by atoms with van der Waals surface area (Å²) in [7, 11) is 1.66. The Hall–Kier alpha value is -2.51. The van der Waals surface area contributed by atoms with E-state index >= 15 is 0 Å². The molecular weight excluding hydrogens is 386 g/mol. The van der Waals surface area contributed by atoms with Gasteiger partial charge in [0.05, 0.1) is 5.39 Å². The van der Waals surface area contributed by atoms with Gasteiger partial charge in [0, 0.05) is 23.7 Å². The van der Waals surface area contributed by atoms with Crippen molar-refractivity contribution in [2.75, 3.05) is 0 Å². The van der Waals surface area contributed by atoms with Crippen molar-refractivity contribution in [2.24, 2.45) is 7.05 Å². The molecule has 0 aliphatic rings. The molecule has 0 bridgehead atoms. The van der Waals surface area contributed by atoms with Gasteiger partial charge in [-0.3, -0.25) is 9.36 Å². The van der Waals surface area contributed by atoms with Crippen LogP contribution in [0.5, 0.6) is 0 Å². The molecular formula is C20H14F2N2OS2. The molecule has 2 aromatic heterocycles. The van der Waals surface area contributed by atoms with E-state index in [1.807, 2.05) is 5.38 Å². The fourth-order valence-corrected chi connectivity index (χ4v) is 4.73. The third-order valence-electron chi connectivity index (χ3n) is 4.24. The lowest BCUT2D eigenvalue weighted by Crippen LogP contribution is -2.19. The van der Waals surface area contributed by atoms with Crippen LogP contribution < -0.4 is 5.56 Å². The first-order chi connectivity index (χ1) is 13.0. The normalized spacial score (nSPS) is 11.2. The van der Waals surface area contributed by atoms with Crippen LogP contribution in [-0.2, 0) is 12.8 Å². The van der Waals surface area contributed by atoms with E-state index in [0.29, 0.717) is 26.7 Å². The third-order valence-corrected chi connectivity index (χ3v) is 6.19. The molecule has 0 radical (unpaired) electrons. The molecule has 4 aromatic rings. The number of rotatable bonds is 4. The number of fused-ring (bicyclic) bond motifs is 1. The van der Waals surface area contributed by atoms with E-state index in [-0.39, 0.29) is 17.2 Å². The molecule has 0 N–H and O–H groups in total. The van der Waals surface area contributed by atoms with Gasteiger partial charge in [0.2, 0.25) is 0 Å². The molecule has 0 saturated heterocycles. The number of aromatic nitrogens is 2. The first kappa shape index (κ1) is 17.9. The summed E-state index contributed by atoms with van der Waals surface area (Å²) in [6.45, 7) is 0. The molecule has 0 amide bonds. The molecule has 0 saturated carbocycles. The molecule has 2 heterocycles. The van der Waals surface area contributed by atoms with Crippen LogP contribution in [0.3, 0.4) is 0 Å². The van der Waals surface area contributed by atoms with Crippen LogP contribution >= 0.6 is 23.1 Å². The monoisotopic (exact) mass is 400 g/mol. The quantitative estimate of drug-likeness (QED) is 0.347. The van der Waals surface area contributed by atoms with Crippen molar-refractivity contribution in [3.05, 3.63) is 81.5 Å². The highest BCUT2D eigenvalue weighted by molar-refractivity contribution is 7.98. The Labute approximate surface area is 162 Å². The zero-order chi connectivity index (χ0) is 19.0. The molecule has 3 nitrogen and oxygen atoms in total. The lowest BCUT2D eigenvalue weighted by Gasteiger charge is -2.08. The van der Waals surface area contributed by atoms with Gasteiger partial charge in [-0.1, -0.05) is 42.1 Å². The molecule has 0 fully saturated rings. The summed E-state index contributed by atoms with van der Waals surface area (Å²) in [6.07, 6.45) is 0. The maximum absolute atomic E-state index is 13.8. The van der Waals surface area contributed by atoms with Crippen molar-refractivity contribution in [1.82, 2.24) is 9.55 Å². The van der Waals surface area contributed by atoms with Crippen LogP contribution in [0.1, 0.15) is 5.56 Å². The smallest absolute Gasteiger partial charge is 0.263 e. The van der Waals surface area contributed by atoms with E-state index in [2.05, 4.69) is 4.98 Å². The standard InChI is InChI=1S/C20H14F2N2OS2/c1-24-19(25)17-15(12-6-8-14(21)9-7-12)11-26-18(17)23-20(24)27-10-13-4-2-3-5-16(13)22/h2-9,11H,10H2,1H3. The summed E-state index contributed by atoms with van der Waals surface area (Å²) in [4.78, 5) is 18.1. The Bertz CT molecular complexity index is 1180. The second kappa shape index (κ2) is 7.25. The minimum absolute atomic E-state index is 0.170. The Balaban J connectivity index is 1.73. The van der Waals surface area contributed by atoms with Crippen molar-refractivity contribution in [1.29, 1.82) is 0 Å². The zero-order valence-corrected chi connectivity index (χ0v) is 15.9. The van der Waals surface area contributed by atoms with Gasteiger partial charge in [-0.2, -0.15) is 0 Å². The summed E-state index contributed by atoms with van der Waals surface area (Å²) < 4.78 is 28.5. The summed E-state index contributed by atoms with van der Waals surface area (Å²) in [5.41, 5.74) is 1.91. The minimum Gasteiger partial charge on any atom is -0.290 e. The highest BCUT2D eigenvalue weighted by Crippen LogP contribution is 2.32. The van der Waals surface area contributed by atoms with Crippen LogP contribution in [-0.4, -0.2) is 9.55 Å². The summed E-state index contributed by atoms with van der Waals surface area (Å²) in [6, 6.07) is 12.6. The molecule has 0 atom stereocenters. The third kappa shape index (κ3) is 3.40. The molecule has 0 spiro atoms. The second-order valence-corrected chi connectivity index (χ2v) is 7.78. The fraction of sp³-hybridized carbons (Fsp3) is 0.100. The van der Waals surface area contributed by atoms with Gasteiger partial charge < -0.3 is 0 Å². The van der Waals surface area contributed by atoms with Crippen LogP contribution in [0, 0.1) is 11.6 Å². The lowest BCUT2D eigenvalue weighted by molar-refractivity contribution is 0.617. The number of thiophene rings is 1. The highest BCUT2D eigenvalue weighted by Gasteiger charge is 2.16. The Kier molecular flexibility index (Phi) is 4.80. The highest BCUT2D eigenvalue weighted by atomic mass is 32.2. The van der Waals surface area contributed by atoms with Gasteiger partial charge in [0.1, 0.15) is 16.5 Å². The largest absolute Gasteiger partial charge is 0.290 e. The maximum Gasteiger partial charge on any atom is 0.263 e. The van der Waals surface area contributed by atoms with Gasteiger partial charge in [0.25, 0.3) is 5.56 Å². The molecule has 2 aromatic carbocycles. The molecule has 0 unspecified atom stereocenters. The van der Waals surface area contributed by atoms with Gasteiger partial charge >= 0.3 is 0 Å². The van der Waals surface area contributed by atoms with Crippen molar-refractivity contribution in [3.8, 4) is 11.1 Å². The molecule has 0 aliphatic carbocycles. The predicted molar refractivity (Wildman–Crippen MR) is 106 cm³/mol. The van der Waals surface area contributed by atoms with Gasteiger partial charge in [0.15, 0.2) is 5.16 Å². The average molecular weight is 400 g/mol. The van der Waals surface area contributed by atoms with E-state index in [4.69, 9.17) is 0 Å². The van der Waals surface area contributed by atoms with E-state index in [1.165, 1.54) is 45.9 Å². The number of halogens is 2. The van der Waals surface area contributed by atoms with Gasteiger partial charge in [-0.05, 0) is 29.3 Å². The van der Waals surface area contributed by atoms with Crippen LogP contribution in [0.2, 0.25) is 0 Å². The van der Waals surface area contributed by atoms with Crippen LogP contribution in [0.25, 0.3) is 21.3 Å². The SMILES string of the molecule is Cn1c(SCc2ccccc2F)nc2scc(-c3ccc(F)cc3)c2c1=O. The molecule has 27 heavy (non-hydrogen) atoms. The first-order valence-electron chi connectivity index (χ1n) is 8.15. The lowest BCUT2D eigenvalue weighted by atomic mass is 10.1. The molecule has 0 aliphatic heterocycles. The second-order valence-electron chi connectivity index (χ2n) is 5.98. The summed E-state index contributed by atoms with van der Waals surface area (Å²) >= 11 is 2.69. The number of hydrogen-bond acceptors (Lipinski definition) is 4. The Morgan fingerprint density at radius 1 is 1.11 bits per heavy atom. The summed E-state index contributed by atoms with van der Waals surface area (Å²) in [5.74, 6) is -0.212. The van der Waals surface area contributed by atoms with Gasteiger partial charge in [-0.25, -0.2) is 13.8 Å². The van der Waals surface area contributed by atoms with Crippen molar-refractivity contribution < 1.29 is 8.78 Å². The van der Waals surface area contributed by atoms with Crippen molar-refractivity contribution in [2.45, 2.75) is 10.9 Å². The average Bonchev–Trinajstić information content (AvgIpc) is 3.09. The molecule has 7 heteroatoms. The maximum atomic E-state index is 13.8. The van der Waals surface area contributed by atoms with E-state index in [1.54, 1.807) is 37.4 Å². The predicted octanol–water partition coefficient (Wildman–Crippen LogP) is 5.23. The number of hydrogen-bond donors (Lipinski definition) is 0. The van der Waals surface area contributed by atoms with Crippen molar-refractivity contribution in [3.63, 3.8) is 0 Å². The van der Waals surface area contributed by atoms with Crippen LogP contribution in [0.4, 0.5) is 8.78 Å². The number of thioether (sulfide) groups is 1. The van der Waals surface area contributed by atoms with E-state index in [0.717, 1.165) is 11.1 Å². The Morgan fingerprint density at radius 2 is 1.85 bits per heavy atom. The molecule has 4 rings (SSSR count). The molecule has 136 valence electrons. The van der Waals surface area contributed by atoms with E-state index in [9.17, 15) is 13.6 Å². The number of nitrogens with zero attached hydrogens (tertiary/aromatic N) is 2. The number of benzene rings is 2. The Morgan fingerprint density at radius 3 is 2.59 bits per heavy atom. The first-order valence-corrected chi connectivity index (χ1v) is 10.0. The van der Waals surface area contributed by atoms with Gasteiger partial charge in [-0.15, -0.1) is 11.3 Å². The zero-order valence-electron chi connectivity index (χ0n) is 14.3. The van der Waals surface area contributed by atoms with E-state index < -0.39 is 0 Å². The topological polar surface area (TPSA) is 34.9 Å². The minimum atomic E-state index is -0.323. The fourth-order valence-electron chi connectivity index (χ4n) is 2.78. The van der Waals surface area contributed by atoms with Crippen molar-refractivity contribution >= 4 is 33.3 Å². The summed E-state index contributed by atoms with van der Waals surface area (Å²) in [5, 5.41) is 2.91.